The molecule has 0 aliphatic carbocycles. The molecule has 0 aromatic heterocycles. The monoisotopic (exact) mass is 202 g/mol. The minimum Gasteiger partial charge on any atom is -0.287 e. The van der Waals surface area contributed by atoms with Gasteiger partial charge in [0.25, 0.3) is 0 Å². The predicted octanol–water partition coefficient (Wildman–Crippen LogP) is 2.59. The Labute approximate surface area is 92.1 Å². The Hall–Kier alpha value is -1.33. The van der Waals surface area contributed by atoms with Crippen molar-refractivity contribution in [1.82, 2.24) is 4.90 Å². The van der Waals surface area contributed by atoms with Crippen LogP contribution >= 0.6 is 0 Å². The van der Waals surface area contributed by atoms with Gasteiger partial charge in [0.2, 0.25) is 0 Å². The van der Waals surface area contributed by atoms with E-state index in [0.29, 0.717) is 0 Å². The molecule has 2 nitrogen and oxygen atoms in total. The summed E-state index contributed by atoms with van der Waals surface area (Å²) in [4.78, 5) is 2.04. The third-order valence-electron chi connectivity index (χ3n) is 2.71. The van der Waals surface area contributed by atoms with Crippen LogP contribution in [0, 0.1) is 11.3 Å². The third kappa shape index (κ3) is 3.38. The normalized spacial score (nSPS) is 12.5. The molecule has 15 heavy (non-hydrogen) atoms. The number of benzene rings is 1. The van der Waals surface area contributed by atoms with Crippen LogP contribution in [0.2, 0.25) is 0 Å². The molecule has 1 atom stereocenters. The lowest BCUT2D eigenvalue weighted by molar-refractivity contribution is 0.294. The first-order valence-corrected chi connectivity index (χ1v) is 5.35. The minimum atomic E-state index is -0.0316. The average Bonchev–Trinajstić information content (AvgIpc) is 2.29. The average molecular weight is 202 g/mol. The molecule has 0 amide bonds. The summed E-state index contributed by atoms with van der Waals surface area (Å²) in [6, 6.07) is 10.8. The molecule has 0 fully saturated rings. The van der Waals surface area contributed by atoms with Gasteiger partial charge in [-0.3, -0.25) is 4.90 Å². The standard InChI is InChI=1S/C13H18N2/c1-4-12-5-7-13(8-6-12)10-15(3)11(2)9-14/h5-8,11H,4,10H2,1-3H3. The summed E-state index contributed by atoms with van der Waals surface area (Å²) in [5, 5.41) is 8.77. The lowest BCUT2D eigenvalue weighted by Gasteiger charge is -2.18. The van der Waals surface area contributed by atoms with Crippen LogP contribution in [-0.4, -0.2) is 18.0 Å². The number of nitrogens with zero attached hydrogens (tertiary/aromatic N) is 2. The van der Waals surface area contributed by atoms with Gasteiger partial charge in [0.15, 0.2) is 0 Å². The summed E-state index contributed by atoms with van der Waals surface area (Å²) >= 11 is 0. The SMILES string of the molecule is CCc1ccc(CN(C)C(C)C#N)cc1. The van der Waals surface area contributed by atoms with Crippen LogP contribution in [0.3, 0.4) is 0 Å². The van der Waals surface area contributed by atoms with E-state index in [-0.39, 0.29) is 6.04 Å². The lowest BCUT2D eigenvalue weighted by Crippen LogP contribution is -2.26. The smallest absolute Gasteiger partial charge is 0.0949 e. The Morgan fingerprint density at radius 2 is 1.80 bits per heavy atom. The first kappa shape index (κ1) is 11.7. The molecule has 0 radical (unpaired) electrons. The first-order chi connectivity index (χ1) is 7.17. The Balaban J connectivity index is 2.61. The zero-order valence-electron chi connectivity index (χ0n) is 9.70. The molecule has 0 saturated heterocycles. The zero-order chi connectivity index (χ0) is 11.3. The summed E-state index contributed by atoms with van der Waals surface area (Å²) in [6.07, 6.45) is 1.07. The van der Waals surface area contributed by atoms with Crippen molar-refractivity contribution in [2.75, 3.05) is 7.05 Å². The molecule has 0 aliphatic rings. The van der Waals surface area contributed by atoms with Crippen molar-refractivity contribution >= 4 is 0 Å². The second kappa shape index (κ2) is 5.53. The van der Waals surface area contributed by atoms with Gasteiger partial charge in [-0.05, 0) is 31.5 Å². The van der Waals surface area contributed by atoms with Crippen molar-refractivity contribution in [3.63, 3.8) is 0 Å². The Morgan fingerprint density at radius 3 is 2.27 bits per heavy atom. The second-order valence-corrected chi connectivity index (χ2v) is 3.89. The highest BCUT2D eigenvalue weighted by molar-refractivity contribution is 5.22. The fourth-order valence-corrected chi connectivity index (χ4v) is 1.40. The Morgan fingerprint density at radius 1 is 1.27 bits per heavy atom. The lowest BCUT2D eigenvalue weighted by atomic mass is 10.1. The van der Waals surface area contributed by atoms with Gasteiger partial charge in [-0.2, -0.15) is 5.26 Å². The highest BCUT2D eigenvalue weighted by atomic mass is 15.1. The number of hydrogen-bond acceptors (Lipinski definition) is 2. The summed E-state index contributed by atoms with van der Waals surface area (Å²) < 4.78 is 0. The van der Waals surface area contributed by atoms with Crippen molar-refractivity contribution in [3.05, 3.63) is 35.4 Å². The van der Waals surface area contributed by atoms with Crippen LogP contribution in [0.25, 0.3) is 0 Å². The largest absolute Gasteiger partial charge is 0.287 e. The summed E-state index contributed by atoms with van der Waals surface area (Å²) in [6.45, 7) is 4.90. The van der Waals surface area contributed by atoms with Crippen molar-refractivity contribution in [2.45, 2.75) is 32.9 Å². The van der Waals surface area contributed by atoms with Crippen LogP contribution in [-0.2, 0) is 13.0 Å². The van der Waals surface area contributed by atoms with Gasteiger partial charge >= 0.3 is 0 Å². The molecule has 0 N–H and O–H groups in total. The topological polar surface area (TPSA) is 27.0 Å². The van der Waals surface area contributed by atoms with E-state index in [0.717, 1.165) is 13.0 Å². The van der Waals surface area contributed by atoms with Crippen LogP contribution in [0.4, 0.5) is 0 Å². The molecule has 0 spiro atoms. The van der Waals surface area contributed by atoms with E-state index in [1.807, 2.05) is 18.9 Å². The van der Waals surface area contributed by atoms with Gasteiger partial charge in [0.05, 0.1) is 12.1 Å². The minimum absolute atomic E-state index is 0.0316. The maximum absolute atomic E-state index is 8.77. The van der Waals surface area contributed by atoms with Crippen LogP contribution in [0.5, 0.6) is 0 Å². The Bertz CT molecular complexity index is 335. The molecule has 0 aliphatic heterocycles. The molecular formula is C13H18N2. The first-order valence-electron chi connectivity index (χ1n) is 5.35. The highest BCUT2D eigenvalue weighted by Crippen LogP contribution is 2.08. The van der Waals surface area contributed by atoms with E-state index < -0.39 is 0 Å². The summed E-state index contributed by atoms with van der Waals surface area (Å²) in [5.74, 6) is 0. The van der Waals surface area contributed by atoms with Crippen LogP contribution < -0.4 is 0 Å². The molecule has 80 valence electrons. The van der Waals surface area contributed by atoms with Gasteiger partial charge in [-0.25, -0.2) is 0 Å². The van der Waals surface area contributed by atoms with Crippen molar-refractivity contribution in [1.29, 1.82) is 5.26 Å². The van der Waals surface area contributed by atoms with Crippen LogP contribution in [0.1, 0.15) is 25.0 Å². The molecule has 2 heteroatoms. The summed E-state index contributed by atoms with van der Waals surface area (Å²) in [7, 11) is 1.97. The molecule has 0 bridgehead atoms. The van der Waals surface area contributed by atoms with E-state index in [1.54, 1.807) is 0 Å². The molecule has 1 rings (SSSR count). The van der Waals surface area contributed by atoms with Crippen LogP contribution in [0.15, 0.2) is 24.3 Å². The van der Waals surface area contributed by atoms with Gasteiger partial charge in [0, 0.05) is 6.54 Å². The molecule has 1 unspecified atom stereocenters. The Kier molecular flexibility index (Phi) is 4.33. The van der Waals surface area contributed by atoms with Crippen molar-refractivity contribution in [2.24, 2.45) is 0 Å². The number of hydrogen-bond donors (Lipinski definition) is 0. The van der Waals surface area contributed by atoms with Crippen molar-refractivity contribution < 1.29 is 0 Å². The number of rotatable bonds is 4. The molecule has 1 aromatic carbocycles. The fourth-order valence-electron chi connectivity index (χ4n) is 1.40. The zero-order valence-corrected chi connectivity index (χ0v) is 9.70. The molecule has 1 aromatic rings. The van der Waals surface area contributed by atoms with Gasteiger partial charge in [0.1, 0.15) is 0 Å². The van der Waals surface area contributed by atoms with E-state index in [2.05, 4.69) is 37.3 Å². The second-order valence-electron chi connectivity index (χ2n) is 3.89. The fraction of sp³-hybridized carbons (Fsp3) is 0.462. The van der Waals surface area contributed by atoms with E-state index in [9.17, 15) is 0 Å². The van der Waals surface area contributed by atoms with Gasteiger partial charge in [-0.15, -0.1) is 0 Å². The highest BCUT2D eigenvalue weighted by Gasteiger charge is 2.07. The third-order valence-corrected chi connectivity index (χ3v) is 2.71. The predicted molar refractivity (Wildman–Crippen MR) is 62.4 cm³/mol. The molecule has 0 heterocycles. The number of nitriles is 1. The quantitative estimate of drug-likeness (QED) is 0.750. The summed E-state index contributed by atoms with van der Waals surface area (Å²) in [5.41, 5.74) is 2.62. The van der Waals surface area contributed by atoms with Crippen molar-refractivity contribution in [3.8, 4) is 6.07 Å². The van der Waals surface area contributed by atoms with E-state index in [1.165, 1.54) is 11.1 Å². The van der Waals surface area contributed by atoms with E-state index >= 15 is 0 Å². The maximum atomic E-state index is 8.77. The van der Waals surface area contributed by atoms with E-state index in [4.69, 9.17) is 5.26 Å². The number of aryl methyl sites for hydroxylation is 1. The molecule has 0 saturated carbocycles. The van der Waals surface area contributed by atoms with Gasteiger partial charge < -0.3 is 0 Å². The molecular weight excluding hydrogens is 184 g/mol. The maximum Gasteiger partial charge on any atom is 0.0949 e. The van der Waals surface area contributed by atoms with Gasteiger partial charge in [-0.1, -0.05) is 31.2 Å².